The predicted octanol–water partition coefficient (Wildman–Crippen LogP) is 1.15. The molecule has 2 amide bonds. The Balaban J connectivity index is 1.92. The van der Waals surface area contributed by atoms with Gasteiger partial charge in [-0.3, -0.25) is 4.79 Å². The Morgan fingerprint density at radius 1 is 1.40 bits per heavy atom. The number of amides is 2. The quantitative estimate of drug-likeness (QED) is 0.842. The number of nitrogens with one attached hydrogen (secondary N) is 1. The molecule has 0 aliphatic carbocycles. The maximum Gasteiger partial charge on any atom is 0.325 e. The van der Waals surface area contributed by atoms with Crippen LogP contribution < -0.4 is 10.1 Å². The zero-order valence-corrected chi connectivity index (χ0v) is 11.4. The molecule has 0 spiro atoms. The van der Waals surface area contributed by atoms with Crippen molar-refractivity contribution in [2.24, 2.45) is 0 Å². The maximum absolute atomic E-state index is 12.0. The van der Waals surface area contributed by atoms with Crippen LogP contribution in [0.15, 0.2) is 24.3 Å². The van der Waals surface area contributed by atoms with Crippen LogP contribution in [-0.4, -0.2) is 43.2 Å². The van der Waals surface area contributed by atoms with Crippen LogP contribution in [0.1, 0.15) is 12.5 Å². The number of ether oxygens (including phenoxy) is 2. The average Bonchev–Trinajstić information content (AvgIpc) is 2.67. The van der Waals surface area contributed by atoms with Crippen LogP contribution in [0.5, 0.6) is 5.75 Å². The average molecular weight is 278 g/mol. The molecular weight excluding hydrogens is 260 g/mol. The fourth-order valence-corrected chi connectivity index (χ4v) is 1.97. The molecule has 1 heterocycles. The van der Waals surface area contributed by atoms with E-state index in [1.807, 2.05) is 24.3 Å². The Morgan fingerprint density at radius 3 is 3.00 bits per heavy atom. The number of urea groups is 1. The number of esters is 1. The van der Waals surface area contributed by atoms with Crippen molar-refractivity contribution in [2.75, 3.05) is 26.3 Å². The second kappa shape index (κ2) is 6.79. The standard InChI is InChI=1S/C14H18N2O4/c1-2-19-13(17)9-15-14(18)16-7-8-20-12-6-4-3-5-11(12)10-16/h3-6H,2,7-10H2,1H3,(H,15,18). The Bertz CT molecular complexity index is 490. The van der Waals surface area contributed by atoms with Gasteiger partial charge in [0.1, 0.15) is 18.9 Å². The Labute approximate surface area is 117 Å². The molecule has 0 aromatic heterocycles. The summed E-state index contributed by atoms with van der Waals surface area (Å²) in [5, 5.41) is 2.55. The second-order valence-corrected chi connectivity index (χ2v) is 4.34. The van der Waals surface area contributed by atoms with Gasteiger partial charge in [-0.2, -0.15) is 0 Å². The third kappa shape index (κ3) is 3.63. The summed E-state index contributed by atoms with van der Waals surface area (Å²) in [7, 11) is 0. The first-order valence-electron chi connectivity index (χ1n) is 6.60. The highest BCUT2D eigenvalue weighted by Crippen LogP contribution is 2.22. The number of hydrogen-bond donors (Lipinski definition) is 1. The molecule has 0 bridgehead atoms. The molecule has 0 saturated heterocycles. The number of rotatable bonds is 3. The molecule has 0 radical (unpaired) electrons. The molecule has 1 aromatic carbocycles. The molecule has 1 N–H and O–H groups in total. The molecule has 1 aliphatic heterocycles. The SMILES string of the molecule is CCOC(=O)CNC(=O)N1CCOc2ccccc2C1. The molecule has 1 aromatic rings. The zero-order valence-electron chi connectivity index (χ0n) is 11.4. The first kappa shape index (κ1) is 14.2. The lowest BCUT2D eigenvalue weighted by Gasteiger charge is -2.20. The van der Waals surface area contributed by atoms with E-state index in [2.05, 4.69) is 5.32 Å². The summed E-state index contributed by atoms with van der Waals surface area (Å²) in [4.78, 5) is 24.9. The second-order valence-electron chi connectivity index (χ2n) is 4.34. The van der Waals surface area contributed by atoms with Crippen LogP contribution in [0.2, 0.25) is 0 Å². The highest BCUT2D eigenvalue weighted by atomic mass is 16.5. The van der Waals surface area contributed by atoms with Crippen LogP contribution in [0.3, 0.4) is 0 Å². The van der Waals surface area contributed by atoms with E-state index in [0.717, 1.165) is 11.3 Å². The molecule has 1 aliphatic rings. The Kier molecular flexibility index (Phi) is 4.81. The van der Waals surface area contributed by atoms with Gasteiger partial charge >= 0.3 is 12.0 Å². The van der Waals surface area contributed by atoms with Crippen molar-refractivity contribution < 1.29 is 19.1 Å². The minimum Gasteiger partial charge on any atom is -0.491 e. The van der Waals surface area contributed by atoms with Crippen molar-refractivity contribution in [3.63, 3.8) is 0 Å². The molecule has 0 saturated carbocycles. The maximum atomic E-state index is 12.0. The van der Waals surface area contributed by atoms with E-state index in [1.54, 1.807) is 11.8 Å². The van der Waals surface area contributed by atoms with E-state index in [-0.39, 0.29) is 12.6 Å². The van der Waals surface area contributed by atoms with Crippen molar-refractivity contribution in [1.29, 1.82) is 0 Å². The van der Waals surface area contributed by atoms with Gasteiger partial charge < -0.3 is 19.7 Å². The van der Waals surface area contributed by atoms with Crippen molar-refractivity contribution in [3.05, 3.63) is 29.8 Å². The zero-order chi connectivity index (χ0) is 14.4. The van der Waals surface area contributed by atoms with E-state index in [1.165, 1.54) is 0 Å². The third-order valence-electron chi connectivity index (χ3n) is 2.93. The lowest BCUT2D eigenvalue weighted by molar-refractivity contribution is -0.141. The lowest BCUT2D eigenvalue weighted by Crippen LogP contribution is -2.42. The van der Waals surface area contributed by atoms with Gasteiger partial charge in [0.2, 0.25) is 0 Å². The van der Waals surface area contributed by atoms with Gasteiger partial charge in [0.25, 0.3) is 0 Å². The topological polar surface area (TPSA) is 67.9 Å². The number of hydrogen-bond acceptors (Lipinski definition) is 4. The molecule has 108 valence electrons. The van der Waals surface area contributed by atoms with Crippen LogP contribution >= 0.6 is 0 Å². The monoisotopic (exact) mass is 278 g/mol. The molecule has 20 heavy (non-hydrogen) atoms. The fraction of sp³-hybridized carbons (Fsp3) is 0.429. The Morgan fingerprint density at radius 2 is 2.20 bits per heavy atom. The first-order valence-corrected chi connectivity index (χ1v) is 6.60. The van der Waals surface area contributed by atoms with Crippen molar-refractivity contribution >= 4 is 12.0 Å². The summed E-state index contributed by atoms with van der Waals surface area (Å²) in [6.07, 6.45) is 0. The fourth-order valence-electron chi connectivity index (χ4n) is 1.97. The normalized spacial score (nSPS) is 13.8. The number of carbonyl (C=O) groups is 2. The van der Waals surface area contributed by atoms with Gasteiger partial charge in [-0.1, -0.05) is 18.2 Å². The van der Waals surface area contributed by atoms with Crippen molar-refractivity contribution in [2.45, 2.75) is 13.5 Å². The summed E-state index contributed by atoms with van der Waals surface area (Å²) >= 11 is 0. The van der Waals surface area contributed by atoms with Crippen molar-refractivity contribution in [1.82, 2.24) is 10.2 Å². The van der Waals surface area contributed by atoms with Crippen molar-refractivity contribution in [3.8, 4) is 5.75 Å². The summed E-state index contributed by atoms with van der Waals surface area (Å²) in [5.74, 6) is 0.362. The van der Waals surface area contributed by atoms with Crippen LogP contribution in [-0.2, 0) is 16.1 Å². The van der Waals surface area contributed by atoms with E-state index >= 15 is 0 Å². The van der Waals surface area contributed by atoms with E-state index in [4.69, 9.17) is 9.47 Å². The predicted molar refractivity (Wildman–Crippen MR) is 72.4 cm³/mol. The molecule has 2 rings (SSSR count). The number of carbonyl (C=O) groups excluding carboxylic acids is 2. The van der Waals surface area contributed by atoms with Gasteiger partial charge in [0, 0.05) is 5.56 Å². The Hall–Kier alpha value is -2.24. The van der Waals surface area contributed by atoms with Crippen LogP contribution in [0, 0.1) is 0 Å². The van der Waals surface area contributed by atoms with E-state index < -0.39 is 5.97 Å². The number of para-hydroxylation sites is 1. The van der Waals surface area contributed by atoms with Gasteiger partial charge in [-0.25, -0.2) is 4.79 Å². The van der Waals surface area contributed by atoms with Gasteiger partial charge in [-0.15, -0.1) is 0 Å². The molecule has 6 heteroatoms. The summed E-state index contributed by atoms with van der Waals surface area (Å²) in [6.45, 7) is 3.28. The number of nitrogens with zero attached hydrogens (tertiary/aromatic N) is 1. The molecule has 0 fully saturated rings. The molecule has 0 atom stereocenters. The van der Waals surface area contributed by atoms with Crippen LogP contribution in [0.25, 0.3) is 0 Å². The minimum atomic E-state index is -0.438. The third-order valence-corrected chi connectivity index (χ3v) is 2.93. The van der Waals surface area contributed by atoms with Gasteiger partial charge in [0.05, 0.1) is 19.7 Å². The number of fused-ring (bicyclic) bond motifs is 1. The van der Waals surface area contributed by atoms with E-state index in [0.29, 0.717) is 26.3 Å². The summed E-state index contributed by atoms with van der Waals surface area (Å²) in [5.41, 5.74) is 0.955. The van der Waals surface area contributed by atoms with Gasteiger partial charge in [-0.05, 0) is 13.0 Å². The molecular formula is C14H18N2O4. The summed E-state index contributed by atoms with van der Waals surface area (Å²) < 4.78 is 10.3. The number of benzene rings is 1. The highest BCUT2D eigenvalue weighted by molar-refractivity contribution is 5.80. The largest absolute Gasteiger partial charge is 0.491 e. The summed E-state index contributed by atoms with van der Waals surface area (Å²) in [6, 6.07) is 7.32. The van der Waals surface area contributed by atoms with E-state index in [9.17, 15) is 9.59 Å². The smallest absolute Gasteiger partial charge is 0.325 e. The minimum absolute atomic E-state index is 0.119. The molecule has 0 unspecified atom stereocenters. The first-order chi connectivity index (χ1) is 9.70. The highest BCUT2D eigenvalue weighted by Gasteiger charge is 2.19. The van der Waals surface area contributed by atoms with Crippen LogP contribution in [0.4, 0.5) is 4.79 Å². The van der Waals surface area contributed by atoms with Gasteiger partial charge in [0.15, 0.2) is 0 Å². The lowest BCUT2D eigenvalue weighted by atomic mass is 10.2. The molecule has 6 nitrogen and oxygen atoms in total.